The number of unbranched alkanes of at least 4 members (excludes halogenated alkanes) is 2. The molecule has 0 N–H and O–H groups in total. The molecule has 0 aromatic heterocycles. The molecule has 0 heteroatoms. The Bertz CT molecular complexity index is 184. The van der Waals surface area contributed by atoms with Gasteiger partial charge in [-0.3, -0.25) is 0 Å². The van der Waals surface area contributed by atoms with Crippen LogP contribution in [-0.4, -0.2) is 0 Å². The lowest BCUT2D eigenvalue weighted by Gasteiger charge is -2.12. The van der Waals surface area contributed by atoms with Crippen molar-refractivity contribution in [2.75, 3.05) is 0 Å². The van der Waals surface area contributed by atoms with Gasteiger partial charge in [0.05, 0.1) is 0 Å². The summed E-state index contributed by atoms with van der Waals surface area (Å²) < 4.78 is 0. The molecule has 0 radical (unpaired) electrons. The quantitative estimate of drug-likeness (QED) is 0.434. The second kappa shape index (κ2) is 6.67. The van der Waals surface area contributed by atoms with Gasteiger partial charge in [0.15, 0.2) is 0 Å². The summed E-state index contributed by atoms with van der Waals surface area (Å²) in [6.07, 6.45) is 13.1. The monoisotopic (exact) mass is 224 g/mol. The van der Waals surface area contributed by atoms with Crippen molar-refractivity contribution in [2.24, 2.45) is 17.3 Å². The van der Waals surface area contributed by atoms with Gasteiger partial charge >= 0.3 is 0 Å². The summed E-state index contributed by atoms with van der Waals surface area (Å²) in [7, 11) is 0. The summed E-state index contributed by atoms with van der Waals surface area (Å²) >= 11 is 0. The zero-order chi connectivity index (χ0) is 12.0. The van der Waals surface area contributed by atoms with Gasteiger partial charge in [-0.2, -0.15) is 0 Å². The highest BCUT2D eigenvalue weighted by molar-refractivity contribution is 4.97. The highest BCUT2D eigenvalue weighted by Gasteiger charge is 2.47. The molecule has 0 nitrogen and oxygen atoms in total. The molecule has 1 rings (SSSR count). The first-order valence-corrected chi connectivity index (χ1v) is 7.62. The van der Waals surface area contributed by atoms with Gasteiger partial charge in [0, 0.05) is 0 Å². The highest BCUT2D eigenvalue weighted by Crippen LogP contribution is 2.57. The summed E-state index contributed by atoms with van der Waals surface area (Å²) in [5.74, 6) is 2.02. The Hall–Kier alpha value is 0. The van der Waals surface area contributed by atoms with Gasteiger partial charge in [-0.25, -0.2) is 0 Å². The van der Waals surface area contributed by atoms with Crippen LogP contribution in [-0.2, 0) is 0 Å². The van der Waals surface area contributed by atoms with Crippen molar-refractivity contribution in [1.82, 2.24) is 0 Å². The summed E-state index contributed by atoms with van der Waals surface area (Å²) in [5, 5.41) is 0. The van der Waals surface area contributed by atoms with Crippen LogP contribution in [0.1, 0.15) is 85.5 Å². The minimum Gasteiger partial charge on any atom is -0.0654 e. The summed E-state index contributed by atoms with van der Waals surface area (Å²) in [6.45, 7) is 9.57. The van der Waals surface area contributed by atoms with Gasteiger partial charge in [0.25, 0.3) is 0 Å². The zero-order valence-corrected chi connectivity index (χ0v) is 12.0. The van der Waals surface area contributed by atoms with E-state index in [-0.39, 0.29) is 0 Å². The SMILES string of the molecule is CCCC(C)CCCCCC1(C)CC1CC. The van der Waals surface area contributed by atoms with Gasteiger partial charge < -0.3 is 0 Å². The summed E-state index contributed by atoms with van der Waals surface area (Å²) in [5.41, 5.74) is 0.754. The lowest BCUT2D eigenvalue weighted by molar-refractivity contribution is 0.407. The lowest BCUT2D eigenvalue weighted by atomic mass is 9.94. The van der Waals surface area contributed by atoms with Crippen LogP contribution in [0.2, 0.25) is 0 Å². The molecular weight excluding hydrogens is 192 g/mol. The molecule has 0 heterocycles. The van der Waals surface area contributed by atoms with Crippen molar-refractivity contribution in [3.63, 3.8) is 0 Å². The number of rotatable bonds is 9. The van der Waals surface area contributed by atoms with E-state index in [9.17, 15) is 0 Å². The van der Waals surface area contributed by atoms with Gasteiger partial charge in [-0.05, 0) is 30.1 Å². The van der Waals surface area contributed by atoms with E-state index < -0.39 is 0 Å². The van der Waals surface area contributed by atoms with Crippen LogP contribution in [0.15, 0.2) is 0 Å². The van der Waals surface area contributed by atoms with E-state index in [4.69, 9.17) is 0 Å². The van der Waals surface area contributed by atoms with Crippen molar-refractivity contribution in [2.45, 2.75) is 85.5 Å². The van der Waals surface area contributed by atoms with Crippen molar-refractivity contribution < 1.29 is 0 Å². The van der Waals surface area contributed by atoms with Crippen molar-refractivity contribution in [3.8, 4) is 0 Å². The first kappa shape index (κ1) is 14.1. The molecule has 96 valence electrons. The molecule has 1 saturated carbocycles. The Morgan fingerprint density at radius 2 is 1.88 bits per heavy atom. The van der Waals surface area contributed by atoms with E-state index in [1.54, 1.807) is 0 Å². The van der Waals surface area contributed by atoms with Crippen LogP contribution < -0.4 is 0 Å². The Labute approximate surface area is 103 Å². The standard InChI is InChI=1S/C16H32/c1-5-10-14(3)11-8-7-9-12-16(4)13-15(16)6-2/h14-15H,5-13H2,1-4H3. The molecule has 1 aliphatic rings. The van der Waals surface area contributed by atoms with E-state index >= 15 is 0 Å². The fourth-order valence-electron chi connectivity index (χ4n) is 3.28. The fourth-order valence-corrected chi connectivity index (χ4v) is 3.28. The molecule has 1 aliphatic carbocycles. The molecule has 0 bridgehead atoms. The minimum atomic E-state index is 0.754. The average Bonchev–Trinajstić information content (AvgIpc) is 2.90. The maximum absolute atomic E-state index is 2.50. The van der Waals surface area contributed by atoms with Gasteiger partial charge in [-0.15, -0.1) is 0 Å². The van der Waals surface area contributed by atoms with Crippen LogP contribution in [0.5, 0.6) is 0 Å². The molecule has 0 spiro atoms. The third-order valence-electron chi connectivity index (χ3n) is 4.76. The number of hydrogen-bond donors (Lipinski definition) is 0. The Morgan fingerprint density at radius 1 is 1.12 bits per heavy atom. The second-order valence-corrected chi connectivity index (χ2v) is 6.46. The third kappa shape index (κ3) is 4.47. The van der Waals surface area contributed by atoms with Crippen molar-refractivity contribution in [3.05, 3.63) is 0 Å². The normalized spacial score (nSPS) is 30.4. The molecule has 0 saturated heterocycles. The zero-order valence-electron chi connectivity index (χ0n) is 12.0. The summed E-state index contributed by atoms with van der Waals surface area (Å²) in [4.78, 5) is 0. The molecule has 0 amide bonds. The Kier molecular flexibility index (Phi) is 5.86. The third-order valence-corrected chi connectivity index (χ3v) is 4.76. The summed E-state index contributed by atoms with van der Waals surface area (Å²) in [6, 6.07) is 0. The van der Waals surface area contributed by atoms with Crippen molar-refractivity contribution in [1.29, 1.82) is 0 Å². The van der Waals surface area contributed by atoms with Crippen molar-refractivity contribution >= 4 is 0 Å². The maximum atomic E-state index is 2.50. The topological polar surface area (TPSA) is 0 Å². The average molecular weight is 224 g/mol. The maximum Gasteiger partial charge on any atom is -0.0295 e. The predicted octanol–water partition coefficient (Wildman–Crippen LogP) is 5.81. The molecule has 1 fully saturated rings. The smallest absolute Gasteiger partial charge is 0.0295 e. The minimum absolute atomic E-state index is 0.754. The number of hydrogen-bond acceptors (Lipinski definition) is 0. The molecular formula is C16H32. The molecule has 0 aromatic carbocycles. The van der Waals surface area contributed by atoms with Crippen LogP contribution in [0, 0.1) is 17.3 Å². The first-order valence-electron chi connectivity index (χ1n) is 7.62. The largest absolute Gasteiger partial charge is 0.0654 e. The highest BCUT2D eigenvalue weighted by atomic mass is 14.5. The van der Waals surface area contributed by atoms with E-state index in [1.165, 1.54) is 57.8 Å². The molecule has 3 unspecified atom stereocenters. The molecule has 16 heavy (non-hydrogen) atoms. The van der Waals surface area contributed by atoms with Crippen LogP contribution in [0.25, 0.3) is 0 Å². The Balaban J connectivity index is 1.93. The van der Waals surface area contributed by atoms with Crippen LogP contribution in [0.4, 0.5) is 0 Å². The molecule has 3 atom stereocenters. The molecule has 0 aliphatic heterocycles. The Morgan fingerprint density at radius 3 is 2.44 bits per heavy atom. The van der Waals surface area contributed by atoms with E-state index in [2.05, 4.69) is 27.7 Å². The van der Waals surface area contributed by atoms with Gasteiger partial charge in [-0.1, -0.05) is 72.6 Å². The van der Waals surface area contributed by atoms with Crippen LogP contribution >= 0.6 is 0 Å². The van der Waals surface area contributed by atoms with E-state index in [1.807, 2.05) is 0 Å². The lowest BCUT2D eigenvalue weighted by Crippen LogP contribution is -1.98. The second-order valence-electron chi connectivity index (χ2n) is 6.46. The molecule has 0 aromatic rings. The van der Waals surface area contributed by atoms with Gasteiger partial charge in [0.1, 0.15) is 0 Å². The van der Waals surface area contributed by atoms with Gasteiger partial charge in [0.2, 0.25) is 0 Å². The van der Waals surface area contributed by atoms with E-state index in [0.29, 0.717) is 0 Å². The van der Waals surface area contributed by atoms with Crippen LogP contribution in [0.3, 0.4) is 0 Å². The fraction of sp³-hybridized carbons (Fsp3) is 1.00. The first-order chi connectivity index (χ1) is 7.62. The van der Waals surface area contributed by atoms with E-state index in [0.717, 1.165) is 17.3 Å². The predicted molar refractivity (Wildman–Crippen MR) is 73.7 cm³/mol.